The van der Waals surface area contributed by atoms with E-state index in [-0.39, 0.29) is 0 Å². The van der Waals surface area contributed by atoms with Crippen LogP contribution in [0.4, 0.5) is 0 Å². The summed E-state index contributed by atoms with van der Waals surface area (Å²) in [6.07, 6.45) is 8.55. The Labute approximate surface area is 116 Å². The van der Waals surface area contributed by atoms with E-state index in [1.807, 2.05) is 0 Å². The van der Waals surface area contributed by atoms with Gasteiger partial charge in [0, 0.05) is 0 Å². The van der Waals surface area contributed by atoms with Gasteiger partial charge in [0.2, 0.25) is 0 Å². The lowest BCUT2D eigenvalue weighted by atomic mass is 9.59. The third-order valence-electron chi connectivity index (χ3n) is 6.76. The average Bonchev–Trinajstić information content (AvgIpc) is 2.37. The quantitative estimate of drug-likeness (QED) is 0.538. The van der Waals surface area contributed by atoms with E-state index >= 15 is 0 Å². The molecule has 1 unspecified atom stereocenters. The largest absolute Gasteiger partial charge is 0.0649 e. The maximum atomic E-state index is 2.54. The van der Waals surface area contributed by atoms with E-state index < -0.39 is 0 Å². The summed E-state index contributed by atoms with van der Waals surface area (Å²) in [5.41, 5.74) is 1.13. The van der Waals surface area contributed by atoms with Gasteiger partial charge in [0.25, 0.3) is 0 Å². The fourth-order valence-corrected chi connectivity index (χ4v) is 3.99. The van der Waals surface area contributed by atoms with Gasteiger partial charge in [0.05, 0.1) is 0 Å². The molecule has 0 amide bonds. The van der Waals surface area contributed by atoms with E-state index in [1.54, 1.807) is 0 Å². The Bertz CT molecular complexity index is 243. The Hall–Kier alpha value is 0. The van der Waals surface area contributed by atoms with Crippen molar-refractivity contribution in [3.63, 3.8) is 0 Å². The van der Waals surface area contributed by atoms with Gasteiger partial charge in [-0.05, 0) is 54.3 Å². The molecule has 0 aromatic heterocycles. The lowest BCUT2D eigenvalue weighted by Gasteiger charge is -2.47. The molecule has 0 aromatic carbocycles. The highest BCUT2D eigenvalue weighted by molar-refractivity contribution is 4.90. The molecule has 108 valence electrons. The first-order valence-corrected chi connectivity index (χ1v) is 8.28. The van der Waals surface area contributed by atoms with Crippen molar-refractivity contribution in [2.75, 3.05) is 0 Å². The van der Waals surface area contributed by atoms with Crippen LogP contribution >= 0.6 is 0 Å². The van der Waals surface area contributed by atoms with E-state index in [0.29, 0.717) is 10.8 Å². The molecule has 0 saturated heterocycles. The van der Waals surface area contributed by atoms with Crippen molar-refractivity contribution in [2.45, 2.75) is 87.0 Å². The smallest absolute Gasteiger partial charge is 0.0277 e. The molecule has 1 saturated carbocycles. The molecule has 0 spiro atoms. The van der Waals surface area contributed by atoms with Crippen LogP contribution in [0.25, 0.3) is 0 Å². The predicted octanol–water partition coefficient (Wildman–Crippen LogP) is 6.30. The molecule has 0 radical (unpaired) electrons. The molecule has 18 heavy (non-hydrogen) atoms. The van der Waals surface area contributed by atoms with Crippen molar-refractivity contribution in [2.24, 2.45) is 28.6 Å². The van der Waals surface area contributed by atoms with Crippen molar-refractivity contribution in [1.29, 1.82) is 0 Å². The maximum absolute atomic E-state index is 2.54. The third-order valence-corrected chi connectivity index (χ3v) is 6.76. The molecule has 0 aromatic rings. The minimum atomic E-state index is 0.561. The second-order valence-electron chi connectivity index (χ2n) is 7.90. The van der Waals surface area contributed by atoms with Gasteiger partial charge >= 0.3 is 0 Å². The topological polar surface area (TPSA) is 0 Å². The highest BCUT2D eigenvalue weighted by Crippen LogP contribution is 2.50. The molecule has 1 aliphatic rings. The van der Waals surface area contributed by atoms with Gasteiger partial charge in [-0.3, -0.25) is 0 Å². The molecule has 0 nitrogen and oxygen atoms in total. The van der Waals surface area contributed by atoms with Gasteiger partial charge < -0.3 is 0 Å². The first-order valence-electron chi connectivity index (χ1n) is 8.28. The Balaban J connectivity index is 2.64. The molecule has 1 fully saturated rings. The summed E-state index contributed by atoms with van der Waals surface area (Å²) >= 11 is 0. The molecule has 1 rings (SSSR count). The van der Waals surface area contributed by atoms with Gasteiger partial charge in [-0.1, -0.05) is 61.3 Å². The molecule has 0 heteroatoms. The standard InChI is InChI=1S/C18H36/c1-8-17(5,6)15-10-12-16(13-11-15)18(7,9-2)14(3)4/h14-16H,8-13H2,1-7H3. The molecule has 0 N–H and O–H groups in total. The lowest BCUT2D eigenvalue weighted by Crippen LogP contribution is -2.37. The van der Waals surface area contributed by atoms with Crippen molar-refractivity contribution < 1.29 is 0 Å². The maximum Gasteiger partial charge on any atom is -0.0277 e. The molecular weight excluding hydrogens is 216 g/mol. The minimum Gasteiger partial charge on any atom is -0.0649 e. The van der Waals surface area contributed by atoms with Crippen LogP contribution in [0.3, 0.4) is 0 Å². The van der Waals surface area contributed by atoms with Crippen LogP contribution in [0.2, 0.25) is 0 Å². The third kappa shape index (κ3) is 3.11. The zero-order chi connectivity index (χ0) is 14.0. The Morgan fingerprint density at radius 1 is 0.833 bits per heavy atom. The van der Waals surface area contributed by atoms with Gasteiger partial charge in [-0.15, -0.1) is 0 Å². The summed E-state index contributed by atoms with van der Waals surface area (Å²) in [5.74, 6) is 2.75. The number of rotatable bonds is 5. The number of hydrogen-bond donors (Lipinski definition) is 0. The van der Waals surface area contributed by atoms with Gasteiger partial charge in [-0.25, -0.2) is 0 Å². The van der Waals surface area contributed by atoms with Crippen molar-refractivity contribution >= 4 is 0 Å². The first-order chi connectivity index (χ1) is 8.28. The monoisotopic (exact) mass is 252 g/mol. The highest BCUT2D eigenvalue weighted by atomic mass is 14.4. The summed E-state index contributed by atoms with van der Waals surface area (Å²) in [6.45, 7) is 17.1. The second-order valence-corrected chi connectivity index (χ2v) is 7.90. The van der Waals surface area contributed by atoms with Gasteiger partial charge in [0.15, 0.2) is 0 Å². The van der Waals surface area contributed by atoms with Crippen LogP contribution in [0, 0.1) is 28.6 Å². The van der Waals surface area contributed by atoms with Crippen LogP contribution < -0.4 is 0 Å². The van der Waals surface area contributed by atoms with Crippen molar-refractivity contribution in [3.8, 4) is 0 Å². The number of hydrogen-bond acceptors (Lipinski definition) is 0. The second kappa shape index (κ2) is 5.97. The summed E-state index contributed by atoms with van der Waals surface area (Å²) in [4.78, 5) is 0. The van der Waals surface area contributed by atoms with Crippen molar-refractivity contribution in [1.82, 2.24) is 0 Å². The average molecular weight is 252 g/mol. The van der Waals surface area contributed by atoms with Crippen LogP contribution in [-0.4, -0.2) is 0 Å². The Morgan fingerprint density at radius 3 is 1.61 bits per heavy atom. The van der Waals surface area contributed by atoms with Crippen LogP contribution in [0.15, 0.2) is 0 Å². The zero-order valence-corrected chi connectivity index (χ0v) is 14.0. The minimum absolute atomic E-state index is 0.561. The van der Waals surface area contributed by atoms with Gasteiger partial charge in [0.1, 0.15) is 0 Å². The van der Waals surface area contributed by atoms with Crippen LogP contribution in [-0.2, 0) is 0 Å². The molecular formula is C18H36. The zero-order valence-electron chi connectivity index (χ0n) is 14.0. The summed E-state index contributed by atoms with van der Waals surface area (Å²) in [7, 11) is 0. The Kier molecular flexibility index (Phi) is 5.32. The summed E-state index contributed by atoms with van der Waals surface area (Å²) in [5, 5.41) is 0. The Morgan fingerprint density at radius 2 is 1.28 bits per heavy atom. The van der Waals surface area contributed by atoms with Crippen LogP contribution in [0.5, 0.6) is 0 Å². The van der Waals surface area contributed by atoms with E-state index in [0.717, 1.165) is 17.8 Å². The first kappa shape index (κ1) is 16.1. The molecule has 1 aliphatic carbocycles. The predicted molar refractivity (Wildman–Crippen MR) is 82.8 cm³/mol. The van der Waals surface area contributed by atoms with E-state index in [4.69, 9.17) is 0 Å². The fraction of sp³-hybridized carbons (Fsp3) is 1.00. The molecule has 1 atom stereocenters. The van der Waals surface area contributed by atoms with E-state index in [2.05, 4.69) is 48.5 Å². The van der Waals surface area contributed by atoms with Crippen molar-refractivity contribution in [3.05, 3.63) is 0 Å². The normalized spacial score (nSPS) is 29.3. The fourth-order valence-electron chi connectivity index (χ4n) is 3.99. The summed E-state index contributed by atoms with van der Waals surface area (Å²) in [6, 6.07) is 0. The molecule has 0 aliphatic heterocycles. The van der Waals surface area contributed by atoms with E-state index in [1.165, 1.54) is 38.5 Å². The lowest BCUT2D eigenvalue weighted by molar-refractivity contribution is 0.0355. The SMILES string of the molecule is CCC(C)(C)C1CCC(C(C)(CC)C(C)C)CC1. The molecule has 0 bridgehead atoms. The summed E-state index contributed by atoms with van der Waals surface area (Å²) < 4.78 is 0. The molecule has 0 heterocycles. The van der Waals surface area contributed by atoms with Crippen LogP contribution in [0.1, 0.15) is 87.0 Å². The van der Waals surface area contributed by atoms with Gasteiger partial charge in [-0.2, -0.15) is 0 Å². The highest BCUT2D eigenvalue weighted by Gasteiger charge is 2.40. The van der Waals surface area contributed by atoms with E-state index in [9.17, 15) is 0 Å².